The average Bonchev–Trinajstić information content (AvgIpc) is 3.12. The van der Waals surface area contributed by atoms with Crippen molar-refractivity contribution in [2.45, 2.75) is 25.9 Å². The van der Waals surface area contributed by atoms with E-state index >= 15 is 0 Å². The molecule has 0 bridgehead atoms. The van der Waals surface area contributed by atoms with E-state index in [1.165, 1.54) is 0 Å². The third-order valence-corrected chi connectivity index (χ3v) is 6.01. The number of ether oxygens (including phenoxy) is 1. The molecule has 0 spiro atoms. The highest BCUT2D eigenvalue weighted by Gasteiger charge is 2.31. The first kappa shape index (κ1) is 21.1. The summed E-state index contributed by atoms with van der Waals surface area (Å²) in [6.45, 7) is 2.44. The number of halogens is 1. The summed E-state index contributed by atoms with van der Waals surface area (Å²) in [4.78, 5) is 27.5. The van der Waals surface area contributed by atoms with Crippen LogP contribution in [0.1, 0.15) is 38.8 Å². The van der Waals surface area contributed by atoms with Crippen molar-refractivity contribution in [1.82, 2.24) is 5.32 Å². The largest absolute Gasteiger partial charge is 0.497 e. The van der Waals surface area contributed by atoms with Gasteiger partial charge in [0.25, 0.3) is 11.8 Å². The van der Waals surface area contributed by atoms with Gasteiger partial charge in [-0.3, -0.25) is 9.59 Å². The van der Waals surface area contributed by atoms with Gasteiger partial charge in [-0.2, -0.15) is 0 Å². The SMILES string of the molecule is COc1ccc(C(=O)N2c3cc(CNC(=O)c4ccc(Br)cc4)ccc3C[C@H]2C)cc1. The maximum atomic E-state index is 13.2. The van der Waals surface area contributed by atoms with Gasteiger partial charge in [-0.25, -0.2) is 0 Å². The molecule has 1 atom stereocenters. The van der Waals surface area contributed by atoms with Crippen molar-refractivity contribution in [2.75, 3.05) is 12.0 Å². The Hall–Kier alpha value is -3.12. The molecule has 5 nitrogen and oxygen atoms in total. The van der Waals surface area contributed by atoms with Crippen molar-refractivity contribution in [2.24, 2.45) is 0 Å². The summed E-state index contributed by atoms with van der Waals surface area (Å²) in [5.41, 5.74) is 4.22. The number of methoxy groups -OCH3 is 1. The van der Waals surface area contributed by atoms with Gasteiger partial charge in [0.15, 0.2) is 0 Å². The van der Waals surface area contributed by atoms with Gasteiger partial charge in [0.2, 0.25) is 0 Å². The number of hydrogen-bond acceptors (Lipinski definition) is 3. The van der Waals surface area contributed by atoms with E-state index in [1.54, 1.807) is 43.5 Å². The molecule has 0 fully saturated rings. The van der Waals surface area contributed by atoms with Crippen LogP contribution in [0.5, 0.6) is 5.75 Å². The summed E-state index contributed by atoms with van der Waals surface area (Å²) >= 11 is 3.37. The van der Waals surface area contributed by atoms with Crippen molar-refractivity contribution in [3.63, 3.8) is 0 Å². The number of nitrogens with zero attached hydrogens (tertiary/aromatic N) is 1. The number of anilines is 1. The van der Waals surface area contributed by atoms with Crippen molar-refractivity contribution < 1.29 is 14.3 Å². The number of carbonyl (C=O) groups excluding carboxylic acids is 2. The number of carbonyl (C=O) groups is 2. The predicted molar refractivity (Wildman–Crippen MR) is 125 cm³/mol. The molecular weight excluding hydrogens is 456 g/mol. The fraction of sp³-hybridized carbons (Fsp3) is 0.200. The van der Waals surface area contributed by atoms with E-state index in [0.29, 0.717) is 17.7 Å². The molecule has 3 aromatic carbocycles. The topological polar surface area (TPSA) is 58.6 Å². The zero-order valence-corrected chi connectivity index (χ0v) is 19.0. The molecule has 0 radical (unpaired) electrons. The lowest BCUT2D eigenvalue weighted by Crippen LogP contribution is -2.35. The predicted octanol–water partition coefficient (Wildman–Crippen LogP) is 4.98. The normalized spacial score (nSPS) is 14.8. The summed E-state index contributed by atoms with van der Waals surface area (Å²) in [5.74, 6) is 0.549. The Balaban J connectivity index is 1.51. The number of fused-ring (bicyclic) bond motifs is 1. The lowest BCUT2D eigenvalue weighted by Gasteiger charge is -2.23. The number of amides is 2. The van der Waals surface area contributed by atoms with Gasteiger partial charge in [-0.05, 0) is 79.1 Å². The van der Waals surface area contributed by atoms with Gasteiger partial charge in [0.05, 0.1) is 7.11 Å². The minimum Gasteiger partial charge on any atom is -0.497 e. The average molecular weight is 479 g/mol. The third-order valence-electron chi connectivity index (χ3n) is 5.48. The molecule has 0 aromatic heterocycles. The fourth-order valence-corrected chi connectivity index (χ4v) is 4.10. The van der Waals surface area contributed by atoms with E-state index in [-0.39, 0.29) is 17.9 Å². The standard InChI is InChI=1S/C25H23BrN2O3/c1-16-13-20-4-3-17(15-27-24(29)18-5-9-21(26)10-6-18)14-23(20)28(16)25(30)19-7-11-22(31-2)12-8-19/h3-12,14,16H,13,15H2,1-2H3,(H,27,29)/t16-/m1/s1. The molecular formula is C25H23BrN2O3. The molecule has 0 aliphatic carbocycles. The third kappa shape index (κ3) is 4.49. The van der Waals surface area contributed by atoms with Crippen molar-refractivity contribution in [1.29, 1.82) is 0 Å². The Morgan fingerprint density at radius 2 is 1.71 bits per heavy atom. The molecule has 4 rings (SSSR count). The summed E-state index contributed by atoms with van der Waals surface area (Å²) < 4.78 is 6.12. The second-order valence-electron chi connectivity index (χ2n) is 7.61. The van der Waals surface area contributed by atoms with E-state index in [2.05, 4.69) is 28.2 Å². The van der Waals surface area contributed by atoms with E-state index < -0.39 is 0 Å². The Kier molecular flexibility index (Phi) is 6.09. The smallest absolute Gasteiger partial charge is 0.258 e. The maximum Gasteiger partial charge on any atom is 0.258 e. The van der Waals surface area contributed by atoms with Crippen LogP contribution in [0.3, 0.4) is 0 Å². The fourth-order valence-electron chi connectivity index (χ4n) is 3.83. The van der Waals surface area contributed by atoms with E-state index in [0.717, 1.165) is 33.5 Å². The summed E-state index contributed by atoms with van der Waals surface area (Å²) in [6, 6.07) is 20.5. The summed E-state index contributed by atoms with van der Waals surface area (Å²) in [6.07, 6.45) is 0.808. The van der Waals surface area contributed by atoms with Gasteiger partial charge in [-0.1, -0.05) is 28.1 Å². The van der Waals surface area contributed by atoms with Crippen LogP contribution in [0.2, 0.25) is 0 Å². The molecule has 6 heteroatoms. The number of benzene rings is 3. The van der Waals surface area contributed by atoms with Crippen molar-refractivity contribution in [3.8, 4) is 5.75 Å². The van der Waals surface area contributed by atoms with E-state index in [9.17, 15) is 9.59 Å². The highest BCUT2D eigenvalue weighted by molar-refractivity contribution is 9.10. The van der Waals surface area contributed by atoms with Crippen LogP contribution in [0.25, 0.3) is 0 Å². The zero-order chi connectivity index (χ0) is 22.0. The minimum atomic E-state index is -0.132. The van der Waals surface area contributed by atoms with Crippen LogP contribution in [-0.4, -0.2) is 25.0 Å². The Morgan fingerprint density at radius 3 is 2.39 bits per heavy atom. The van der Waals surface area contributed by atoms with Gasteiger partial charge in [0, 0.05) is 33.9 Å². The molecule has 158 valence electrons. The molecule has 0 saturated heterocycles. The summed E-state index contributed by atoms with van der Waals surface area (Å²) in [7, 11) is 1.60. The second kappa shape index (κ2) is 8.94. The lowest BCUT2D eigenvalue weighted by molar-refractivity contribution is 0.0948. The zero-order valence-electron chi connectivity index (χ0n) is 17.4. The second-order valence-corrected chi connectivity index (χ2v) is 8.53. The van der Waals surface area contributed by atoms with Crippen molar-refractivity contribution in [3.05, 3.63) is 93.5 Å². The highest BCUT2D eigenvalue weighted by Crippen LogP contribution is 2.34. The minimum absolute atomic E-state index is 0.0371. The van der Waals surface area contributed by atoms with Crippen molar-refractivity contribution >= 4 is 33.4 Å². The van der Waals surface area contributed by atoms with Crippen LogP contribution < -0.4 is 15.0 Å². The van der Waals surface area contributed by atoms with Crippen LogP contribution in [0.4, 0.5) is 5.69 Å². The molecule has 1 aliphatic rings. The first-order valence-electron chi connectivity index (χ1n) is 10.1. The molecule has 31 heavy (non-hydrogen) atoms. The van der Waals surface area contributed by atoms with Crippen LogP contribution in [0, 0.1) is 0 Å². The molecule has 1 heterocycles. The quantitative estimate of drug-likeness (QED) is 0.562. The molecule has 0 unspecified atom stereocenters. The lowest BCUT2D eigenvalue weighted by atomic mass is 10.1. The van der Waals surface area contributed by atoms with Gasteiger partial charge in [0.1, 0.15) is 5.75 Å². The van der Waals surface area contributed by atoms with Crippen LogP contribution >= 0.6 is 15.9 Å². The van der Waals surface area contributed by atoms with Gasteiger partial charge < -0.3 is 15.0 Å². The number of rotatable bonds is 5. The first-order chi connectivity index (χ1) is 15.0. The highest BCUT2D eigenvalue weighted by atomic mass is 79.9. The first-order valence-corrected chi connectivity index (χ1v) is 10.9. The van der Waals surface area contributed by atoms with E-state index in [1.807, 2.05) is 35.2 Å². The Morgan fingerprint density at radius 1 is 1.03 bits per heavy atom. The molecule has 3 aromatic rings. The molecule has 0 saturated carbocycles. The molecule has 1 N–H and O–H groups in total. The number of nitrogens with one attached hydrogen (secondary N) is 1. The van der Waals surface area contributed by atoms with Crippen LogP contribution in [0.15, 0.2) is 71.2 Å². The molecule has 2 amide bonds. The number of hydrogen-bond donors (Lipinski definition) is 1. The molecule has 1 aliphatic heterocycles. The maximum absolute atomic E-state index is 13.2. The van der Waals surface area contributed by atoms with E-state index in [4.69, 9.17) is 4.74 Å². The van der Waals surface area contributed by atoms with Gasteiger partial charge in [-0.15, -0.1) is 0 Å². The van der Waals surface area contributed by atoms with Gasteiger partial charge >= 0.3 is 0 Å². The Labute approximate surface area is 190 Å². The summed E-state index contributed by atoms with van der Waals surface area (Å²) in [5, 5.41) is 2.95. The monoisotopic (exact) mass is 478 g/mol. The Bertz CT molecular complexity index is 1110. The van der Waals surface area contributed by atoms with Crippen LogP contribution in [-0.2, 0) is 13.0 Å².